The minimum atomic E-state index is 0. The van der Waals surface area contributed by atoms with E-state index >= 15 is 0 Å². The van der Waals surface area contributed by atoms with Crippen molar-refractivity contribution in [2.24, 2.45) is 0 Å². The Balaban J connectivity index is -0.0000000113. The summed E-state index contributed by atoms with van der Waals surface area (Å²) in [6.45, 7) is 28.9. The number of hydrogen-bond acceptors (Lipinski definition) is 10. The van der Waals surface area contributed by atoms with Crippen LogP contribution in [0.5, 0.6) is 0 Å². The van der Waals surface area contributed by atoms with Gasteiger partial charge in [0.1, 0.15) is 18.9 Å². The van der Waals surface area contributed by atoms with Crippen molar-refractivity contribution in [2.45, 2.75) is 117 Å². The monoisotopic (exact) mass is 740 g/mol. The van der Waals surface area contributed by atoms with Gasteiger partial charge in [-0.1, -0.05) is 95.2 Å². The predicted octanol–water partition coefficient (Wildman–Crippen LogP) is 8.27. The van der Waals surface area contributed by atoms with Crippen molar-refractivity contribution in [3.8, 4) is 0 Å². The first kappa shape index (κ1) is 134. The van der Waals surface area contributed by atoms with Crippen molar-refractivity contribution >= 4 is 60.9 Å². The van der Waals surface area contributed by atoms with E-state index in [1.165, 1.54) is 6.92 Å². The lowest BCUT2D eigenvalue weighted by Crippen LogP contribution is -1.57. The molecule has 0 fully saturated rings. The van der Waals surface area contributed by atoms with E-state index in [1.807, 2.05) is 109 Å². The molecule has 0 rings (SSSR count). The quantitative estimate of drug-likeness (QED) is 0.159. The molecule has 0 amide bonds. The van der Waals surface area contributed by atoms with Crippen LogP contribution in [0.1, 0.15) is 117 Å². The normalized spacial score (nSPS) is 5.39. The van der Waals surface area contributed by atoms with Gasteiger partial charge >= 0.3 is 0 Å². The third-order valence-corrected chi connectivity index (χ3v) is 0.878. The van der Waals surface area contributed by atoms with Crippen molar-refractivity contribution in [3.05, 3.63) is 24.7 Å². The van der Waals surface area contributed by atoms with Crippen LogP contribution in [0.3, 0.4) is 0 Å². The van der Waals surface area contributed by atoms with E-state index in [2.05, 4.69) is 33.2 Å². The topological polar surface area (TPSA) is 116 Å². The highest BCUT2D eigenvalue weighted by Crippen LogP contribution is 1.64. The van der Waals surface area contributed by atoms with Gasteiger partial charge in [-0.25, -0.2) is 0 Å². The first-order valence-electron chi connectivity index (χ1n) is 15.7. The Morgan fingerprint density at radius 1 is 0.353 bits per heavy atom. The molecule has 0 bridgehead atoms. The molecular weight excluding hydrogens is 646 g/mol. The van der Waals surface area contributed by atoms with Gasteiger partial charge in [-0.2, -0.15) is 0 Å². The van der Waals surface area contributed by atoms with E-state index in [0.717, 1.165) is 18.9 Å². The molecule has 0 aliphatic rings. The molecule has 0 saturated carbocycles. The van der Waals surface area contributed by atoms with Crippen molar-refractivity contribution in [3.63, 3.8) is 0 Å². The van der Waals surface area contributed by atoms with E-state index in [0.29, 0.717) is 12.8 Å². The lowest BCUT2D eigenvalue weighted by molar-refractivity contribution is -0.108. The Bertz CT molecular complexity index is 282. The number of methoxy groups -OCH3 is 7. The summed E-state index contributed by atoms with van der Waals surface area (Å²) in [6, 6.07) is 0. The summed E-state index contributed by atoms with van der Waals surface area (Å²) in [6.07, 6.45) is 10.7. The van der Waals surface area contributed by atoms with E-state index in [4.69, 9.17) is 4.79 Å². The molecule has 0 aromatic heterocycles. The molecule has 0 N–H and O–H groups in total. The molecule has 51 heavy (non-hydrogen) atoms. The maximum atomic E-state index is 9.17. The summed E-state index contributed by atoms with van der Waals surface area (Å²) in [5.74, 6) is 0. The SMILES string of the molecule is CC.CC.CC.CC.CC.CC=COC.CC=COC.CC=O.CCC=O.CCC=O.COC.COC.COC.COC.COC.[B].[B].[B].[B].[B]. The summed E-state index contributed by atoms with van der Waals surface area (Å²) in [5.41, 5.74) is 0. The van der Waals surface area contributed by atoms with Crippen LogP contribution in [0.4, 0.5) is 0 Å². The molecular formula is C36H92B5O10. The van der Waals surface area contributed by atoms with Crippen molar-refractivity contribution in [2.75, 3.05) is 85.3 Å². The lowest BCUT2D eigenvalue weighted by Gasteiger charge is -1.76. The molecule has 0 aliphatic carbocycles. The molecule has 0 aromatic carbocycles. The zero-order valence-corrected chi connectivity index (χ0v) is 39.4. The minimum absolute atomic E-state index is 0. The van der Waals surface area contributed by atoms with Gasteiger partial charge in [0, 0.05) is 126 Å². The predicted molar refractivity (Wildman–Crippen MR) is 238 cm³/mol. The smallest absolute Gasteiger partial charge is 0.119 e. The fraction of sp³-hybridized carbons (Fsp3) is 0.806. The number of allylic oxidation sites excluding steroid dienone is 2. The third kappa shape index (κ3) is 5800. The highest BCUT2D eigenvalue weighted by molar-refractivity contribution is 5.76. The summed E-state index contributed by atoms with van der Waals surface area (Å²) in [4.78, 5) is 27.2. The van der Waals surface area contributed by atoms with Crippen LogP contribution in [-0.2, 0) is 47.5 Å². The Morgan fingerprint density at radius 3 is 0.431 bits per heavy atom. The van der Waals surface area contributed by atoms with Gasteiger partial charge in [-0.3, -0.25) is 0 Å². The van der Waals surface area contributed by atoms with Crippen LogP contribution in [0.2, 0.25) is 0 Å². The fourth-order valence-electron chi connectivity index (χ4n) is 0.272. The fourth-order valence-corrected chi connectivity index (χ4v) is 0.272. The highest BCUT2D eigenvalue weighted by atomic mass is 16.5. The molecule has 0 heterocycles. The highest BCUT2D eigenvalue weighted by Gasteiger charge is 1.53. The van der Waals surface area contributed by atoms with Gasteiger partial charge in [0.15, 0.2) is 0 Å². The van der Waals surface area contributed by atoms with Gasteiger partial charge in [0.25, 0.3) is 0 Å². The second-order valence-corrected chi connectivity index (χ2v) is 4.84. The van der Waals surface area contributed by atoms with Crippen molar-refractivity contribution < 1.29 is 47.5 Å². The Morgan fingerprint density at radius 2 is 0.431 bits per heavy atom. The molecule has 0 unspecified atom stereocenters. The first-order chi connectivity index (χ1) is 22.1. The number of carbonyl (C=O) groups is 3. The lowest BCUT2D eigenvalue weighted by atomic mass is 10.6. The molecule has 0 spiro atoms. The number of ether oxygens (including phenoxy) is 7. The molecule has 10 nitrogen and oxygen atoms in total. The van der Waals surface area contributed by atoms with Crippen LogP contribution in [0.25, 0.3) is 0 Å². The van der Waals surface area contributed by atoms with E-state index in [-0.39, 0.29) is 42.1 Å². The number of carbonyl (C=O) groups excluding carboxylic acids is 3. The molecule has 15 radical (unpaired) electrons. The largest absolute Gasteiger partial charge is 0.505 e. The summed E-state index contributed by atoms with van der Waals surface area (Å²) < 4.78 is 30.3. The maximum Gasteiger partial charge on any atom is 0.119 e. The average molecular weight is 739 g/mol. The first-order valence-corrected chi connectivity index (χ1v) is 15.7. The number of rotatable bonds is 4. The summed E-state index contributed by atoms with van der Waals surface area (Å²) in [5, 5.41) is 0. The second-order valence-electron chi connectivity index (χ2n) is 4.84. The number of aldehydes is 3. The van der Waals surface area contributed by atoms with Crippen molar-refractivity contribution in [1.29, 1.82) is 0 Å². The van der Waals surface area contributed by atoms with Gasteiger partial charge in [-0.05, 0) is 20.8 Å². The second kappa shape index (κ2) is 532. The number of hydrogen-bond donors (Lipinski definition) is 0. The van der Waals surface area contributed by atoms with E-state index < -0.39 is 0 Å². The minimum Gasteiger partial charge on any atom is -0.505 e. The Hall–Kier alpha value is -1.79. The summed E-state index contributed by atoms with van der Waals surface area (Å²) in [7, 11) is 19.5. The van der Waals surface area contributed by atoms with Gasteiger partial charge in [0.2, 0.25) is 0 Å². The van der Waals surface area contributed by atoms with E-state index in [9.17, 15) is 9.59 Å². The van der Waals surface area contributed by atoms with Gasteiger partial charge < -0.3 is 47.5 Å². The third-order valence-electron chi connectivity index (χ3n) is 0.878. The molecule has 0 atom stereocenters. The van der Waals surface area contributed by atoms with Gasteiger partial charge in [-0.15, -0.1) is 0 Å². The molecule has 15 heteroatoms. The van der Waals surface area contributed by atoms with Crippen LogP contribution >= 0.6 is 0 Å². The Labute approximate surface area is 334 Å². The standard InChI is InChI=1S/2C4H8O.2C3H6O.5C2H6O.C2H4O.5C2H6.5B/c2*1-3-4-5-2;2*1-2-3-4;5*1-3-2;1-2-3;5*1-2;;;;;/h2*3-4H,1-2H3;2*3H,2H2,1H3;5*1-2H3;2H,1H3;5*1-2H3;;;;;. The van der Waals surface area contributed by atoms with Gasteiger partial charge in [0.05, 0.1) is 26.7 Å². The van der Waals surface area contributed by atoms with Crippen LogP contribution in [-0.4, -0.2) is 146 Å². The molecule has 311 valence electrons. The van der Waals surface area contributed by atoms with E-state index in [1.54, 1.807) is 97.8 Å². The zero-order valence-electron chi connectivity index (χ0n) is 39.4. The van der Waals surface area contributed by atoms with Crippen LogP contribution in [0.15, 0.2) is 24.7 Å². The summed E-state index contributed by atoms with van der Waals surface area (Å²) >= 11 is 0. The molecule has 0 aromatic rings. The molecule has 0 saturated heterocycles. The Kier molecular flexibility index (Phi) is 1400. The van der Waals surface area contributed by atoms with Crippen molar-refractivity contribution in [1.82, 2.24) is 0 Å². The molecule has 0 aliphatic heterocycles. The maximum absolute atomic E-state index is 9.17. The zero-order chi connectivity index (χ0) is 41.3. The van der Waals surface area contributed by atoms with Crippen LogP contribution < -0.4 is 0 Å². The average Bonchev–Trinajstić information content (AvgIpc) is 3.09. The van der Waals surface area contributed by atoms with Crippen LogP contribution in [0, 0.1) is 0 Å².